The zero-order valence-electron chi connectivity index (χ0n) is 12.7. The van der Waals surface area contributed by atoms with E-state index in [2.05, 4.69) is 37.2 Å². The Morgan fingerprint density at radius 1 is 1.42 bits per heavy atom. The van der Waals surface area contributed by atoms with E-state index in [-0.39, 0.29) is 0 Å². The molecule has 0 spiro atoms. The third-order valence-electron chi connectivity index (χ3n) is 3.00. The van der Waals surface area contributed by atoms with Crippen LogP contribution in [0.25, 0.3) is 0 Å². The Kier molecular flexibility index (Phi) is 7.79. The number of hydrogen-bond donors (Lipinski definition) is 1. The van der Waals surface area contributed by atoms with E-state index in [0.29, 0.717) is 5.92 Å². The van der Waals surface area contributed by atoms with E-state index in [1.807, 2.05) is 0 Å². The summed E-state index contributed by atoms with van der Waals surface area (Å²) in [5, 5.41) is 3.42. The van der Waals surface area contributed by atoms with Gasteiger partial charge in [-0.05, 0) is 32.0 Å². The zero-order valence-corrected chi connectivity index (χ0v) is 12.7. The molecule has 110 valence electrons. The number of methoxy groups -OCH3 is 1. The summed E-state index contributed by atoms with van der Waals surface area (Å²) in [6, 6.07) is 2.07. The van der Waals surface area contributed by atoms with Crippen LogP contribution in [0.15, 0.2) is 16.7 Å². The van der Waals surface area contributed by atoms with Gasteiger partial charge in [-0.2, -0.15) is 0 Å². The van der Waals surface area contributed by atoms with E-state index in [1.165, 1.54) is 5.56 Å². The van der Waals surface area contributed by atoms with Crippen molar-refractivity contribution in [2.75, 3.05) is 33.9 Å². The van der Waals surface area contributed by atoms with Gasteiger partial charge in [0.1, 0.15) is 5.76 Å². The number of rotatable bonds is 10. The Hall–Kier alpha value is -0.840. The number of hydrogen-bond acceptors (Lipinski definition) is 4. The number of nitrogens with zero attached hydrogens (tertiary/aromatic N) is 1. The van der Waals surface area contributed by atoms with Gasteiger partial charge in [-0.3, -0.25) is 0 Å². The molecule has 1 aromatic rings. The Balaban J connectivity index is 2.35. The summed E-state index contributed by atoms with van der Waals surface area (Å²) in [4.78, 5) is 2.30. The highest BCUT2D eigenvalue weighted by Gasteiger charge is 2.09. The highest BCUT2D eigenvalue weighted by molar-refractivity contribution is 5.16. The summed E-state index contributed by atoms with van der Waals surface area (Å²) in [6.07, 6.45) is 2.84. The van der Waals surface area contributed by atoms with Gasteiger partial charge in [0.25, 0.3) is 0 Å². The largest absolute Gasteiger partial charge is 0.468 e. The molecule has 1 aromatic heterocycles. The normalized spacial score (nSPS) is 11.7. The Labute approximate surface area is 117 Å². The molecule has 4 heteroatoms. The van der Waals surface area contributed by atoms with Crippen molar-refractivity contribution in [1.82, 2.24) is 10.2 Å². The molecule has 1 heterocycles. The molecular formula is C15H28N2O2. The lowest BCUT2D eigenvalue weighted by molar-refractivity contribution is 0.178. The van der Waals surface area contributed by atoms with Crippen LogP contribution in [0.2, 0.25) is 0 Å². The van der Waals surface area contributed by atoms with Crippen LogP contribution < -0.4 is 5.32 Å². The third-order valence-corrected chi connectivity index (χ3v) is 3.00. The lowest BCUT2D eigenvalue weighted by Crippen LogP contribution is -2.22. The molecule has 0 saturated carbocycles. The fourth-order valence-electron chi connectivity index (χ4n) is 1.99. The average Bonchev–Trinajstić information content (AvgIpc) is 2.76. The maximum absolute atomic E-state index is 5.56. The molecule has 0 fully saturated rings. The first-order valence-corrected chi connectivity index (χ1v) is 7.07. The molecule has 0 bridgehead atoms. The van der Waals surface area contributed by atoms with E-state index in [1.54, 1.807) is 13.4 Å². The van der Waals surface area contributed by atoms with Gasteiger partial charge in [-0.25, -0.2) is 0 Å². The van der Waals surface area contributed by atoms with Crippen LogP contribution in [0.5, 0.6) is 0 Å². The van der Waals surface area contributed by atoms with Crippen molar-refractivity contribution in [3.8, 4) is 0 Å². The molecule has 0 aromatic carbocycles. The number of ether oxygens (including phenoxy) is 1. The highest BCUT2D eigenvalue weighted by Crippen LogP contribution is 2.13. The van der Waals surface area contributed by atoms with Crippen molar-refractivity contribution in [2.45, 2.75) is 33.4 Å². The van der Waals surface area contributed by atoms with Crippen LogP contribution in [-0.4, -0.2) is 38.8 Å². The smallest absolute Gasteiger partial charge is 0.122 e. The van der Waals surface area contributed by atoms with Crippen molar-refractivity contribution >= 4 is 0 Å². The molecule has 0 aliphatic carbocycles. The van der Waals surface area contributed by atoms with Crippen molar-refractivity contribution in [3.63, 3.8) is 0 Å². The molecule has 0 aliphatic heterocycles. The second-order valence-corrected chi connectivity index (χ2v) is 5.48. The van der Waals surface area contributed by atoms with Gasteiger partial charge < -0.3 is 19.4 Å². The molecule has 4 nitrogen and oxygen atoms in total. The number of furan rings is 1. The van der Waals surface area contributed by atoms with Crippen LogP contribution in [-0.2, 0) is 17.8 Å². The predicted molar refractivity (Wildman–Crippen MR) is 78.1 cm³/mol. The zero-order chi connectivity index (χ0) is 14.1. The van der Waals surface area contributed by atoms with Crippen molar-refractivity contribution in [3.05, 3.63) is 23.7 Å². The van der Waals surface area contributed by atoms with Gasteiger partial charge in [-0.1, -0.05) is 13.8 Å². The van der Waals surface area contributed by atoms with Crippen LogP contribution >= 0.6 is 0 Å². The highest BCUT2D eigenvalue weighted by atomic mass is 16.5. The number of nitrogens with one attached hydrogen (secondary N) is 1. The van der Waals surface area contributed by atoms with Gasteiger partial charge in [0.05, 0.1) is 12.8 Å². The first-order valence-electron chi connectivity index (χ1n) is 7.07. The predicted octanol–water partition coefficient (Wildman–Crippen LogP) is 2.49. The van der Waals surface area contributed by atoms with E-state index >= 15 is 0 Å². The first kappa shape index (κ1) is 16.2. The summed E-state index contributed by atoms with van der Waals surface area (Å²) in [7, 11) is 3.88. The average molecular weight is 268 g/mol. The second-order valence-electron chi connectivity index (χ2n) is 5.48. The van der Waals surface area contributed by atoms with Gasteiger partial charge in [-0.15, -0.1) is 0 Å². The Morgan fingerprint density at radius 3 is 2.89 bits per heavy atom. The maximum Gasteiger partial charge on any atom is 0.122 e. The van der Waals surface area contributed by atoms with E-state index in [9.17, 15) is 0 Å². The summed E-state index contributed by atoms with van der Waals surface area (Å²) in [5.41, 5.74) is 1.27. The Morgan fingerprint density at radius 2 is 2.21 bits per heavy atom. The van der Waals surface area contributed by atoms with Crippen LogP contribution in [0.4, 0.5) is 0 Å². The molecule has 0 atom stereocenters. The van der Waals surface area contributed by atoms with Crippen LogP contribution in [0.3, 0.4) is 0 Å². The van der Waals surface area contributed by atoms with E-state index in [0.717, 1.165) is 45.0 Å². The molecule has 1 N–H and O–H groups in total. The maximum atomic E-state index is 5.56. The molecule has 19 heavy (non-hydrogen) atoms. The van der Waals surface area contributed by atoms with Gasteiger partial charge >= 0.3 is 0 Å². The third kappa shape index (κ3) is 6.76. The topological polar surface area (TPSA) is 37.6 Å². The molecule has 0 radical (unpaired) electrons. The van der Waals surface area contributed by atoms with Gasteiger partial charge in [0.2, 0.25) is 0 Å². The SMILES string of the molecule is COCCCN(C)Cc1ccoc1CNCC(C)C. The molecule has 1 rings (SSSR count). The monoisotopic (exact) mass is 268 g/mol. The summed E-state index contributed by atoms with van der Waals surface area (Å²) >= 11 is 0. The summed E-state index contributed by atoms with van der Waals surface area (Å²) < 4.78 is 10.6. The summed E-state index contributed by atoms with van der Waals surface area (Å²) in [6.45, 7) is 9.03. The minimum Gasteiger partial charge on any atom is -0.468 e. The lowest BCUT2D eigenvalue weighted by Gasteiger charge is -2.16. The molecule has 0 unspecified atom stereocenters. The standard InChI is InChI=1S/C15H28N2O2/c1-13(2)10-16-11-15-14(6-9-19-15)12-17(3)7-5-8-18-4/h6,9,13,16H,5,7-8,10-12H2,1-4H3. The van der Waals surface area contributed by atoms with Crippen LogP contribution in [0, 0.1) is 5.92 Å². The summed E-state index contributed by atoms with van der Waals surface area (Å²) in [5.74, 6) is 1.72. The lowest BCUT2D eigenvalue weighted by atomic mass is 10.2. The van der Waals surface area contributed by atoms with E-state index in [4.69, 9.17) is 9.15 Å². The van der Waals surface area contributed by atoms with Crippen molar-refractivity contribution < 1.29 is 9.15 Å². The van der Waals surface area contributed by atoms with Gasteiger partial charge in [0, 0.05) is 32.4 Å². The van der Waals surface area contributed by atoms with Crippen LogP contribution in [0.1, 0.15) is 31.6 Å². The quantitative estimate of drug-likeness (QED) is 0.662. The van der Waals surface area contributed by atoms with Gasteiger partial charge in [0.15, 0.2) is 0 Å². The van der Waals surface area contributed by atoms with Crippen molar-refractivity contribution in [1.29, 1.82) is 0 Å². The fraction of sp³-hybridized carbons (Fsp3) is 0.733. The Bertz CT molecular complexity index is 337. The minimum atomic E-state index is 0.662. The molecule has 0 amide bonds. The van der Waals surface area contributed by atoms with E-state index < -0.39 is 0 Å². The molecule has 0 saturated heterocycles. The molecular weight excluding hydrogens is 240 g/mol. The second kappa shape index (κ2) is 9.13. The first-order chi connectivity index (χ1) is 9.13. The molecule has 0 aliphatic rings. The minimum absolute atomic E-state index is 0.662. The van der Waals surface area contributed by atoms with Crippen molar-refractivity contribution in [2.24, 2.45) is 5.92 Å². The fourth-order valence-corrected chi connectivity index (χ4v) is 1.99.